The van der Waals surface area contributed by atoms with Gasteiger partial charge in [-0.05, 0) is 19.8 Å². The number of carbonyl (C=O) groups is 1. The van der Waals surface area contributed by atoms with Gasteiger partial charge in [0.2, 0.25) is 5.91 Å². The van der Waals surface area contributed by atoms with Gasteiger partial charge in [-0.3, -0.25) is 4.79 Å². The molecule has 0 aromatic heterocycles. The molecule has 2 unspecified atom stereocenters. The molecule has 1 spiro atoms. The molecule has 0 bridgehead atoms. The average molecular weight is 178 g/mol. The van der Waals surface area contributed by atoms with E-state index >= 15 is 0 Å². The van der Waals surface area contributed by atoms with E-state index in [0.29, 0.717) is 0 Å². The standard InChI is InChI=1S/C10H14N2O/c1-2-3-8-6-10(7-12-8)4-5-11-9(10)13/h8,12H,4-7H2,1H3,(H,11,13). The van der Waals surface area contributed by atoms with Gasteiger partial charge in [0.25, 0.3) is 0 Å². The summed E-state index contributed by atoms with van der Waals surface area (Å²) in [7, 11) is 0. The van der Waals surface area contributed by atoms with Crippen molar-refractivity contribution in [3.8, 4) is 11.8 Å². The van der Waals surface area contributed by atoms with Crippen molar-refractivity contribution in [2.24, 2.45) is 5.41 Å². The van der Waals surface area contributed by atoms with Crippen LogP contribution in [0.3, 0.4) is 0 Å². The van der Waals surface area contributed by atoms with Crippen LogP contribution in [-0.4, -0.2) is 25.0 Å². The highest BCUT2D eigenvalue weighted by atomic mass is 16.2. The number of nitrogens with one attached hydrogen (secondary N) is 2. The molecule has 0 aromatic rings. The molecule has 2 aliphatic heterocycles. The van der Waals surface area contributed by atoms with E-state index in [0.717, 1.165) is 25.9 Å². The van der Waals surface area contributed by atoms with Gasteiger partial charge >= 0.3 is 0 Å². The Hall–Kier alpha value is -1.01. The van der Waals surface area contributed by atoms with Crippen LogP contribution in [0.4, 0.5) is 0 Å². The molecule has 0 saturated carbocycles. The topological polar surface area (TPSA) is 41.1 Å². The summed E-state index contributed by atoms with van der Waals surface area (Å²) >= 11 is 0. The smallest absolute Gasteiger partial charge is 0.227 e. The average Bonchev–Trinajstić information content (AvgIpc) is 2.64. The van der Waals surface area contributed by atoms with Crippen LogP contribution in [-0.2, 0) is 4.79 Å². The summed E-state index contributed by atoms with van der Waals surface area (Å²) in [6.07, 6.45) is 1.83. The molecule has 1 amide bonds. The second-order valence-corrected chi connectivity index (χ2v) is 3.82. The highest BCUT2D eigenvalue weighted by molar-refractivity contribution is 5.85. The molecule has 3 nitrogen and oxygen atoms in total. The Morgan fingerprint density at radius 2 is 2.46 bits per heavy atom. The van der Waals surface area contributed by atoms with E-state index in [1.165, 1.54) is 0 Å². The Kier molecular flexibility index (Phi) is 2.01. The van der Waals surface area contributed by atoms with E-state index in [4.69, 9.17) is 0 Å². The zero-order chi connectivity index (χ0) is 9.31. The molecule has 2 rings (SSSR count). The van der Waals surface area contributed by atoms with E-state index in [-0.39, 0.29) is 17.4 Å². The van der Waals surface area contributed by atoms with Crippen LogP contribution in [0.15, 0.2) is 0 Å². The third kappa shape index (κ3) is 1.31. The van der Waals surface area contributed by atoms with Crippen molar-refractivity contribution in [3.05, 3.63) is 0 Å². The SMILES string of the molecule is CC#CC1CC2(CCNC2=O)CN1. The molecule has 0 aromatic carbocycles. The maximum atomic E-state index is 11.5. The summed E-state index contributed by atoms with van der Waals surface area (Å²) in [6.45, 7) is 3.45. The minimum Gasteiger partial charge on any atom is -0.356 e. The molecule has 13 heavy (non-hydrogen) atoms. The summed E-state index contributed by atoms with van der Waals surface area (Å²) in [5.41, 5.74) is -0.144. The van der Waals surface area contributed by atoms with E-state index < -0.39 is 0 Å². The molecule has 2 aliphatic rings. The highest BCUT2D eigenvalue weighted by Crippen LogP contribution is 2.35. The lowest BCUT2D eigenvalue weighted by atomic mass is 9.84. The highest BCUT2D eigenvalue weighted by Gasteiger charge is 2.47. The van der Waals surface area contributed by atoms with Crippen molar-refractivity contribution in [1.82, 2.24) is 10.6 Å². The molecular weight excluding hydrogens is 164 g/mol. The predicted octanol–water partition coefficient (Wildman–Crippen LogP) is -0.122. The number of carbonyl (C=O) groups excluding carboxylic acids is 1. The Balaban J connectivity index is 2.10. The van der Waals surface area contributed by atoms with Gasteiger partial charge in [-0.1, -0.05) is 5.92 Å². The quantitative estimate of drug-likeness (QED) is 0.508. The van der Waals surface area contributed by atoms with Gasteiger partial charge in [0.15, 0.2) is 0 Å². The Morgan fingerprint density at radius 1 is 1.62 bits per heavy atom. The summed E-state index contributed by atoms with van der Waals surface area (Å²) in [6, 6.07) is 0.217. The summed E-state index contributed by atoms with van der Waals surface area (Å²) in [5, 5.41) is 6.17. The Morgan fingerprint density at radius 3 is 3.08 bits per heavy atom. The van der Waals surface area contributed by atoms with Crippen molar-refractivity contribution in [2.45, 2.75) is 25.8 Å². The van der Waals surface area contributed by atoms with Crippen LogP contribution < -0.4 is 10.6 Å². The van der Waals surface area contributed by atoms with Crippen LogP contribution in [0.2, 0.25) is 0 Å². The Bertz CT molecular complexity index is 289. The van der Waals surface area contributed by atoms with Crippen molar-refractivity contribution in [2.75, 3.05) is 13.1 Å². The van der Waals surface area contributed by atoms with Crippen LogP contribution >= 0.6 is 0 Å². The zero-order valence-corrected chi connectivity index (χ0v) is 7.81. The number of amides is 1. The van der Waals surface area contributed by atoms with Gasteiger partial charge in [-0.25, -0.2) is 0 Å². The van der Waals surface area contributed by atoms with E-state index in [1.54, 1.807) is 0 Å². The van der Waals surface area contributed by atoms with Crippen molar-refractivity contribution < 1.29 is 4.79 Å². The molecular formula is C10H14N2O. The number of rotatable bonds is 0. The van der Waals surface area contributed by atoms with E-state index in [2.05, 4.69) is 22.5 Å². The van der Waals surface area contributed by atoms with Crippen molar-refractivity contribution in [1.29, 1.82) is 0 Å². The zero-order valence-electron chi connectivity index (χ0n) is 7.81. The number of hydrogen-bond donors (Lipinski definition) is 2. The first-order valence-corrected chi connectivity index (χ1v) is 4.71. The molecule has 2 atom stereocenters. The second-order valence-electron chi connectivity index (χ2n) is 3.82. The van der Waals surface area contributed by atoms with Gasteiger partial charge in [-0.15, -0.1) is 5.92 Å². The fourth-order valence-electron chi connectivity index (χ4n) is 2.21. The van der Waals surface area contributed by atoms with Crippen LogP contribution in [0.25, 0.3) is 0 Å². The fraction of sp³-hybridized carbons (Fsp3) is 0.700. The van der Waals surface area contributed by atoms with E-state index in [9.17, 15) is 4.79 Å². The monoisotopic (exact) mass is 178 g/mol. The first-order chi connectivity index (χ1) is 6.27. The number of hydrogen-bond acceptors (Lipinski definition) is 2. The molecule has 2 fully saturated rings. The lowest BCUT2D eigenvalue weighted by Crippen LogP contribution is -2.32. The maximum absolute atomic E-state index is 11.5. The third-order valence-corrected chi connectivity index (χ3v) is 2.97. The van der Waals surface area contributed by atoms with Crippen molar-refractivity contribution >= 4 is 5.91 Å². The minimum absolute atomic E-state index is 0.144. The van der Waals surface area contributed by atoms with Gasteiger partial charge in [0.1, 0.15) is 0 Å². The fourth-order valence-corrected chi connectivity index (χ4v) is 2.21. The first-order valence-electron chi connectivity index (χ1n) is 4.71. The van der Waals surface area contributed by atoms with Crippen LogP contribution in [0.5, 0.6) is 0 Å². The maximum Gasteiger partial charge on any atom is 0.227 e. The molecule has 0 aliphatic carbocycles. The summed E-state index contributed by atoms with van der Waals surface area (Å²) in [5.74, 6) is 6.17. The minimum atomic E-state index is -0.144. The predicted molar refractivity (Wildman–Crippen MR) is 49.9 cm³/mol. The van der Waals surface area contributed by atoms with Crippen LogP contribution in [0.1, 0.15) is 19.8 Å². The second kappa shape index (κ2) is 3.04. The molecule has 2 saturated heterocycles. The molecule has 2 heterocycles. The largest absolute Gasteiger partial charge is 0.356 e. The lowest BCUT2D eigenvalue weighted by molar-refractivity contribution is -0.126. The first kappa shape index (κ1) is 8.58. The summed E-state index contributed by atoms with van der Waals surface area (Å²) < 4.78 is 0. The van der Waals surface area contributed by atoms with Gasteiger partial charge in [-0.2, -0.15) is 0 Å². The summed E-state index contributed by atoms with van der Waals surface area (Å²) in [4.78, 5) is 11.5. The molecule has 70 valence electrons. The third-order valence-electron chi connectivity index (χ3n) is 2.97. The molecule has 2 N–H and O–H groups in total. The molecule has 0 radical (unpaired) electrons. The van der Waals surface area contributed by atoms with Gasteiger partial charge in [0.05, 0.1) is 11.5 Å². The molecule has 3 heteroatoms. The van der Waals surface area contributed by atoms with E-state index in [1.807, 2.05) is 6.92 Å². The van der Waals surface area contributed by atoms with Gasteiger partial charge < -0.3 is 10.6 Å². The van der Waals surface area contributed by atoms with Gasteiger partial charge in [0, 0.05) is 13.1 Å². The Labute approximate surface area is 78.3 Å². The van der Waals surface area contributed by atoms with Crippen LogP contribution in [0, 0.1) is 17.3 Å². The lowest BCUT2D eigenvalue weighted by Gasteiger charge is -2.16. The normalized spacial score (nSPS) is 37.3. The van der Waals surface area contributed by atoms with Crippen molar-refractivity contribution in [3.63, 3.8) is 0 Å².